The Hall–Kier alpha value is -0.470. The summed E-state index contributed by atoms with van der Waals surface area (Å²) in [6, 6.07) is 8.63. The molecule has 1 aromatic rings. The molecule has 1 atom stereocenters. The highest BCUT2D eigenvalue weighted by Gasteiger charge is 2.09. The van der Waals surface area contributed by atoms with E-state index in [-0.39, 0.29) is 0 Å². The maximum Gasteiger partial charge on any atom is 0.0324 e. The van der Waals surface area contributed by atoms with E-state index in [1.165, 1.54) is 5.56 Å². The van der Waals surface area contributed by atoms with E-state index in [1.54, 1.807) is 0 Å². The second-order valence-electron chi connectivity index (χ2n) is 3.20. The zero-order valence-electron chi connectivity index (χ0n) is 7.78. The van der Waals surface area contributed by atoms with Crippen molar-refractivity contribution in [2.45, 2.75) is 17.9 Å². The van der Waals surface area contributed by atoms with Gasteiger partial charge < -0.3 is 4.90 Å². The highest BCUT2D eigenvalue weighted by Crippen LogP contribution is 2.23. The molecule has 0 spiro atoms. The molecule has 1 unspecified atom stereocenters. The van der Waals surface area contributed by atoms with Gasteiger partial charge in [-0.05, 0) is 32.6 Å². The minimum atomic E-state index is 0.429. The summed E-state index contributed by atoms with van der Waals surface area (Å²) in [6.07, 6.45) is 0. The molecule has 0 aliphatic heterocycles. The fraction of sp³-hybridized carbons (Fsp3) is 0.400. The van der Waals surface area contributed by atoms with Crippen LogP contribution in [0.2, 0.25) is 0 Å². The molecule has 0 fully saturated rings. The average Bonchev–Trinajstić information content (AvgIpc) is 2.04. The molecule has 2 heteroatoms. The molecule has 0 saturated heterocycles. The average molecular weight is 181 g/mol. The van der Waals surface area contributed by atoms with E-state index in [0.717, 1.165) is 4.90 Å². The number of rotatable bonds is 2. The van der Waals surface area contributed by atoms with Crippen LogP contribution in [0.4, 0.5) is 0 Å². The number of nitrogens with zero attached hydrogens (tertiary/aromatic N) is 1. The van der Waals surface area contributed by atoms with E-state index in [2.05, 4.69) is 50.7 Å². The van der Waals surface area contributed by atoms with Crippen molar-refractivity contribution < 1.29 is 0 Å². The molecular formula is C10H15NS. The first-order valence-electron chi connectivity index (χ1n) is 4.07. The van der Waals surface area contributed by atoms with Crippen LogP contribution >= 0.6 is 12.6 Å². The summed E-state index contributed by atoms with van der Waals surface area (Å²) < 4.78 is 0. The molecule has 1 rings (SSSR count). The molecule has 1 nitrogen and oxygen atoms in total. The third-order valence-corrected chi connectivity index (χ3v) is 2.57. The summed E-state index contributed by atoms with van der Waals surface area (Å²) in [5.74, 6) is 0. The summed E-state index contributed by atoms with van der Waals surface area (Å²) in [5, 5.41) is 0. The van der Waals surface area contributed by atoms with Crippen molar-refractivity contribution in [3.05, 3.63) is 29.8 Å². The van der Waals surface area contributed by atoms with Crippen LogP contribution < -0.4 is 0 Å². The first kappa shape index (κ1) is 9.62. The van der Waals surface area contributed by atoms with E-state index in [1.807, 2.05) is 12.1 Å². The summed E-state index contributed by atoms with van der Waals surface area (Å²) in [7, 11) is 4.15. The highest BCUT2D eigenvalue weighted by atomic mass is 32.1. The summed E-state index contributed by atoms with van der Waals surface area (Å²) in [6.45, 7) is 2.18. The van der Waals surface area contributed by atoms with Crippen LogP contribution in [0.5, 0.6) is 0 Å². The standard InChI is InChI=1S/C10H15NS/c1-8(11(2)3)9-6-4-5-7-10(9)12/h4-8,12H,1-3H3. The molecule has 0 aliphatic carbocycles. The molecule has 0 heterocycles. The second-order valence-corrected chi connectivity index (χ2v) is 3.68. The van der Waals surface area contributed by atoms with Gasteiger partial charge in [-0.1, -0.05) is 18.2 Å². The second kappa shape index (κ2) is 3.97. The first-order chi connectivity index (χ1) is 5.63. The smallest absolute Gasteiger partial charge is 0.0324 e. The molecule has 0 amide bonds. The lowest BCUT2D eigenvalue weighted by atomic mass is 10.1. The predicted molar refractivity (Wildman–Crippen MR) is 55.8 cm³/mol. The van der Waals surface area contributed by atoms with Gasteiger partial charge in [0, 0.05) is 10.9 Å². The normalized spacial score (nSPS) is 13.4. The van der Waals surface area contributed by atoms with E-state index in [9.17, 15) is 0 Å². The molecule has 0 saturated carbocycles. The van der Waals surface area contributed by atoms with Crippen molar-refractivity contribution in [2.75, 3.05) is 14.1 Å². The van der Waals surface area contributed by atoms with E-state index >= 15 is 0 Å². The van der Waals surface area contributed by atoms with Crippen LogP contribution in [0.3, 0.4) is 0 Å². The fourth-order valence-corrected chi connectivity index (χ4v) is 1.47. The van der Waals surface area contributed by atoms with Crippen LogP contribution in [-0.4, -0.2) is 19.0 Å². The van der Waals surface area contributed by atoms with Gasteiger partial charge in [0.2, 0.25) is 0 Å². The lowest BCUT2D eigenvalue weighted by molar-refractivity contribution is 0.318. The van der Waals surface area contributed by atoms with Crippen LogP contribution in [0, 0.1) is 0 Å². The van der Waals surface area contributed by atoms with Gasteiger partial charge >= 0.3 is 0 Å². The molecule has 0 aromatic heterocycles. The molecule has 66 valence electrons. The Balaban J connectivity index is 2.94. The Bertz CT molecular complexity index is 258. The van der Waals surface area contributed by atoms with Crippen molar-refractivity contribution in [3.8, 4) is 0 Å². The Morgan fingerprint density at radius 1 is 1.25 bits per heavy atom. The van der Waals surface area contributed by atoms with Crippen molar-refractivity contribution in [1.82, 2.24) is 4.90 Å². The lowest BCUT2D eigenvalue weighted by Crippen LogP contribution is -2.17. The molecule has 1 aromatic carbocycles. The number of hydrogen-bond donors (Lipinski definition) is 1. The van der Waals surface area contributed by atoms with Crippen LogP contribution in [-0.2, 0) is 0 Å². The summed E-state index contributed by atoms with van der Waals surface area (Å²) >= 11 is 4.41. The SMILES string of the molecule is CC(c1ccccc1S)N(C)C. The van der Waals surface area contributed by atoms with Gasteiger partial charge in [-0.2, -0.15) is 0 Å². The molecule has 0 bridgehead atoms. The Morgan fingerprint density at radius 2 is 1.83 bits per heavy atom. The van der Waals surface area contributed by atoms with E-state index in [0.29, 0.717) is 6.04 Å². The minimum Gasteiger partial charge on any atom is -0.303 e. The van der Waals surface area contributed by atoms with Gasteiger partial charge in [0.1, 0.15) is 0 Å². The molecule has 12 heavy (non-hydrogen) atoms. The number of thiol groups is 1. The molecule has 0 N–H and O–H groups in total. The maximum atomic E-state index is 4.41. The number of benzene rings is 1. The van der Waals surface area contributed by atoms with Crippen molar-refractivity contribution in [1.29, 1.82) is 0 Å². The number of hydrogen-bond acceptors (Lipinski definition) is 2. The third-order valence-electron chi connectivity index (χ3n) is 2.16. The van der Waals surface area contributed by atoms with Gasteiger partial charge in [-0.3, -0.25) is 0 Å². The van der Waals surface area contributed by atoms with Gasteiger partial charge in [0.05, 0.1) is 0 Å². The van der Waals surface area contributed by atoms with Crippen molar-refractivity contribution in [3.63, 3.8) is 0 Å². The van der Waals surface area contributed by atoms with E-state index < -0.39 is 0 Å². The van der Waals surface area contributed by atoms with Gasteiger partial charge in [0.15, 0.2) is 0 Å². The first-order valence-corrected chi connectivity index (χ1v) is 4.52. The van der Waals surface area contributed by atoms with Crippen LogP contribution in [0.25, 0.3) is 0 Å². The van der Waals surface area contributed by atoms with Gasteiger partial charge in [0.25, 0.3) is 0 Å². The quantitative estimate of drug-likeness (QED) is 0.686. The fourth-order valence-electron chi connectivity index (χ4n) is 1.12. The highest BCUT2D eigenvalue weighted by molar-refractivity contribution is 7.80. The maximum absolute atomic E-state index is 4.41. The van der Waals surface area contributed by atoms with Crippen LogP contribution in [0.15, 0.2) is 29.2 Å². The Kier molecular flexibility index (Phi) is 3.18. The van der Waals surface area contributed by atoms with Gasteiger partial charge in [-0.25, -0.2) is 0 Å². The van der Waals surface area contributed by atoms with Crippen molar-refractivity contribution in [2.24, 2.45) is 0 Å². The van der Waals surface area contributed by atoms with Gasteiger partial charge in [-0.15, -0.1) is 12.6 Å². The topological polar surface area (TPSA) is 3.24 Å². The Labute approximate surface area is 79.8 Å². The molecule has 0 radical (unpaired) electrons. The lowest BCUT2D eigenvalue weighted by Gasteiger charge is -2.21. The summed E-state index contributed by atoms with van der Waals surface area (Å²) in [4.78, 5) is 3.24. The largest absolute Gasteiger partial charge is 0.303 e. The van der Waals surface area contributed by atoms with Crippen molar-refractivity contribution >= 4 is 12.6 Å². The summed E-state index contributed by atoms with van der Waals surface area (Å²) in [5.41, 5.74) is 1.28. The van der Waals surface area contributed by atoms with Crippen LogP contribution in [0.1, 0.15) is 18.5 Å². The third kappa shape index (κ3) is 2.02. The molecule has 0 aliphatic rings. The monoisotopic (exact) mass is 181 g/mol. The predicted octanol–water partition coefficient (Wildman–Crippen LogP) is 2.60. The zero-order valence-corrected chi connectivity index (χ0v) is 8.68. The molecular weight excluding hydrogens is 166 g/mol. The Morgan fingerprint density at radius 3 is 2.33 bits per heavy atom. The zero-order chi connectivity index (χ0) is 9.14. The van der Waals surface area contributed by atoms with E-state index in [4.69, 9.17) is 0 Å². The minimum absolute atomic E-state index is 0.429.